The van der Waals surface area contributed by atoms with E-state index in [-0.39, 0.29) is 0 Å². The molecule has 1 unspecified atom stereocenters. The molecule has 0 saturated carbocycles. The van der Waals surface area contributed by atoms with Crippen LogP contribution in [0.3, 0.4) is 0 Å². The van der Waals surface area contributed by atoms with Gasteiger partial charge in [-0.15, -0.1) is 0 Å². The molecular formula is C2H7N3O2. The lowest BCUT2D eigenvalue weighted by molar-refractivity contribution is -0.139. The van der Waals surface area contributed by atoms with E-state index in [0.717, 1.165) is 0 Å². The van der Waals surface area contributed by atoms with E-state index in [2.05, 4.69) is 5.84 Å². The Labute approximate surface area is 40.3 Å². The van der Waals surface area contributed by atoms with E-state index in [1.54, 1.807) is 0 Å². The molecule has 0 aliphatic heterocycles. The second-order valence-electron chi connectivity index (χ2n) is 0.983. The molecule has 0 aromatic heterocycles. The molecule has 0 aromatic rings. The summed E-state index contributed by atoms with van der Waals surface area (Å²) in [6.45, 7) is 0. The maximum atomic E-state index is 9.66. The van der Waals surface area contributed by atoms with Crippen molar-refractivity contribution >= 4 is 5.97 Å². The Morgan fingerprint density at radius 1 is 1.86 bits per heavy atom. The minimum Gasteiger partial charge on any atom is -0.479 e. The lowest BCUT2D eigenvalue weighted by Crippen LogP contribution is -2.47. The minimum absolute atomic E-state index is 1.15. The molecule has 0 heterocycles. The molecule has 0 fully saturated rings. The summed E-state index contributed by atoms with van der Waals surface area (Å²) in [5.41, 5.74) is 6.62. The fourth-order valence-corrected chi connectivity index (χ4v) is 0.0713. The van der Waals surface area contributed by atoms with Crippen LogP contribution in [0.2, 0.25) is 0 Å². The number of nitrogens with two attached hydrogens (primary N) is 2. The second kappa shape index (κ2) is 2.51. The number of hydrogen-bond acceptors (Lipinski definition) is 4. The largest absolute Gasteiger partial charge is 0.479 e. The molecule has 7 heavy (non-hydrogen) atoms. The van der Waals surface area contributed by atoms with E-state index in [1.807, 2.05) is 5.43 Å². The van der Waals surface area contributed by atoms with Gasteiger partial charge in [0.25, 0.3) is 0 Å². The van der Waals surface area contributed by atoms with Gasteiger partial charge in [0.15, 0.2) is 6.17 Å². The zero-order valence-electron chi connectivity index (χ0n) is 3.59. The number of carbonyl (C=O) groups is 1. The van der Waals surface area contributed by atoms with Gasteiger partial charge in [0.05, 0.1) is 0 Å². The van der Waals surface area contributed by atoms with Gasteiger partial charge in [0.2, 0.25) is 0 Å². The number of carboxylic acids is 1. The van der Waals surface area contributed by atoms with Crippen molar-refractivity contribution in [3.05, 3.63) is 0 Å². The molecule has 0 saturated heterocycles. The van der Waals surface area contributed by atoms with Gasteiger partial charge >= 0.3 is 5.97 Å². The number of aliphatic carboxylic acids is 1. The summed E-state index contributed by atoms with van der Waals surface area (Å²) in [5, 5.41) is 7.91. The minimum atomic E-state index is -1.16. The number of hydrazine groups is 1. The van der Waals surface area contributed by atoms with Crippen LogP contribution in [-0.2, 0) is 4.79 Å². The van der Waals surface area contributed by atoms with Crippen molar-refractivity contribution in [3.63, 3.8) is 0 Å². The molecule has 5 nitrogen and oxygen atoms in total. The quantitative estimate of drug-likeness (QED) is 0.182. The van der Waals surface area contributed by atoms with Gasteiger partial charge in [0, 0.05) is 0 Å². The summed E-state index contributed by atoms with van der Waals surface area (Å²) in [6.07, 6.45) is -1.15. The summed E-state index contributed by atoms with van der Waals surface area (Å²) in [7, 11) is 0. The van der Waals surface area contributed by atoms with Crippen molar-refractivity contribution in [1.29, 1.82) is 0 Å². The molecule has 1 atom stereocenters. The van der Waals surface area contributed by atoms with Crippen LogP contribution in [0.5, 0.6) is 0 Å². The third kappa shape index (κ3) is 2.10. The van der Waals surface area contributed by atoms with E-state index in [4.69, 9.17) is 10.8 Å². The number of rotatable bonds is 2. The maximum absolute atomic E-state index is 9.66. The van der Waals surface area contributed by atoms with Crippen LogP contribution >= 0.6 is 0 Å². The van der Waals surface area contributed by atoms with Crippen LogP contribution in [0, 0.1) is 0 Å². The number of carboxylic acid groups (broad SMARTS) is 1. The highest BCUT2D eigenvalue weighted by Gasteiger charge is 2.05. The highest BCUT2D eigenvalue weighted by Crippen LogP contribution is 1.62. The smallest absolute Gasteiger partial charge is 0.336 e. The van der Waals surface area contributed by atoms with Gasteiger partial charge in [-0.3, -0.25) is 5.84 Å². The van der Waals surface area contributed by atoms with Crippen molar-refractivity contribution in [1.82, 2.24) is 5.43 Å². The van der Waals surface area contributed by atoms with E-state index >= 15 is 0 Å². The Bertz CT molecular complexity index is 73.3. The van der Waals surface area contributed by atoms with Crippen LogP contribution in [0.25, 0.3) is 0 Å². The summed E-state index contributed by atoms with van der Waals surface area (Å²) >= 11 is 0. The van der Waals surface area contributed by atoms with Crippen molar-refractivity contribution in [2.75, 3.05) is 0 Å². The summed E-state index contributed by atoms with van der Waals surface area (Å²) in [6, 6.07) is 0. The van der Waals surface area contributed by atoms with Gasteiger partial charge in [-0.1, -0.05) is 0 Å². The Balaban J connectivity index is 3.34. The molecule has 6 N–H and O–H groups in total. The molecule has 0 amide bonds. The van der Waals surface area contributed by atoms with Gasteiger partial charge in [-0.2, -0.15) is 0 Å². The molecule has 0 spiro atoms. The highest BCUT2D eigenvalue weighted by atomic mass is 16.4. The number of nitrogens with one attached hydrogen (secondary N) is 1. The summed E-state index contributed by atoms with van der Waals surface area (Å²) in [4.78, 5) is 9.66. The van der Waals surface area contributed by atoms with Crippen LogP contribution in [0.15, 0.2) is 0 Å². The molecule has 0 bridgehead atoms. The average molecular weight is 105 g/mol. The van der Waals surface area contributed by atoms with E-state index < -0.39 is 12.1 Å². The first-order valence-corrected chi connectivity index (χ1v) is 1.63. The zero-order chi connectivity index (χ0) is 5.86. The third-order valence-electron chi connectivity index (χ3n) is 0.446. The topological polar surface area (TPSA) is 101 Å². The van der Waals surface area contributed by atoms with Crippen LogP contribution in [-0.4, -0.2) is 17.2 Å². The molecule has 5 heteroatoms. The summed E-state index contributed by atoms with van der Waals surface area (Å²) < 4.78 is 0. The van der Waals surface area contributed by atoms with E-state index in [0.29, 0.717) is 0 Å². The first-order chi connectivity index (χ1) is 3.18. The Morgan fingerprint density at radius 2 is 2.29 bits per heavy atom. The predicted molar refractivity (Wildman–Crippen MR) is 22.9 cm³/mol. The number of hydrogen-bond donors (Lipinski definition) is 4. The van der Waals surface area contributed by atoms with Crippen molar-refractivity contribution < 1.29 is 9.90 Å². The van der Waals surface area contributed by atoms with Gasteiger partial charge < -0.3 is 10.8 Å². The monoisotopic (exact) mass is 105 g/mol. The Morgan fingerprint density at radius 3 is 2.29 bits per heavy atom. The van der Waals surface area contributed by atoms with Crippen LogP contribution in [0.1, 0.15) is 0 Å². The first kappa shape index (κ1) is 6.35. The summed E-state index contributed by atoms with van der Waals surface area (Å²) in [5.74, 6) is 3.45. The lowest BCUT2D eigenvalue weighted by Gasteiger charge is -1.99. The molecule has 0 aromatic carbocycles. The van der Waals surface area contributed by atoms with Gasteiger partial charge in [0.1, 0.15) is 0 Å². The van der Waals surface area contributed by atoms with Crippen molar-refractivity contribution in [2.45, 2.75) is 6.17 Å². The molecule has 42 valence electrons. The standard InChI is InChI=1S/C2H7N3O2/c3-1(5-4)2(6)7/h1,5H,3-4H2,(H,6,7). The highest BCUT2D eigenvalue weighted by molar-refractivity contribution is 5.72. The van der Waals surface area contributed by atoms with Crippen molar-refractivity contribution in [2.24, 2.45) is 11.6 Å². The van der Waals surface area contributed by atoms with Crippen molar-refractivity contribution in [3.8, 4) is 0 Å². The molecule has 0 aliphatic carbocycles. The average Bonchev–Trinajstić information content (AvgIpc) is 1.65. The first-order valence-electron chi connectivity index (χ1n) is 1.63. The lowest BCUT2D eigenvalue weighted by atomic mass is 10.6. The van der Waals surface area contributed by atoms with Crippen LogP contribution in [0.4, 0.5) is 0 Å². The fraction of sp³-hybridized carbons (Fsp3) is 0.500. The van der Waals surface area contributed by atoms with Gasteiger partial charge in [-0.25, -0.2) is 10.2 Å². The van der Waals surface area contributed by atoms with E-state index in [9.17, 15) is 4.79 Å². The maximum Gasteiger partial charge on any atom is 0.336 e. The fourth-order valence-electron chi connectivity index (χ4n) is 0.0713. The zero-order valence-corrected chi connectivity index (χ0v) is 3.59. The molecule has 0 radical (unpaired) electrons. The van der Waals surface area contributed by atoms with Crippen LogP contribution < -0.4 is 17.0 Å². The van der Waals surface area contributed by atoms with Gasteiger partial charge in [-0.05, 0) is 0 Å². The third-order valence-corrected chi connectivity index (χ3v) is 0.446. The normalized spacial score (nSPS) is 13.4. The predicted octanol–water partition coefficient (Wildman–Crippen LogP) is -2.18. The molecular weight excluding hydrogens is 98.0 g/mol. The Kier molecular flexibility index (Phi) is 2.28. The molecule has 0 rings (SSSR count). The SMILES string of the molecule is NNC(N)C(=O)O. The molecule has 0 aliphatic rings. The van der Waals surface area contributed by atoms with E-state index in [1.165, 1.54) is 0 Å². The second-order valence-corrected chi connectivity index (χ2v) is 0.983. The Hall–Kier alpha value is -0.650.